The highest BCUT2D eigenvalue weighted by Crippen LogP contribution is 2.37. The molecule has 1 heterocycles. The van der Waals surface area contributed by atoms with Gasteiger partial charge in [-0.1, -0.05) is 48.0 Å². The normalized spacial score (nSPS) is 11.0. The molecule has 0 unspecified atom stereocenters. The van der Waals surface area contributed by atoms with Crippen molar-refractivity contribution in [3.63, 3.8) is 0 Å². The molecular weight excluding hydrogens is 398 g/mol. The van der Waals surface area contributed by atoms with Crippen molar-refractivity contribution in [2.45, 2.75) is 26.6 Å². The van der Waals surface area contributed by atoms with Gasteiger partial charge in [0.25, 0.3) is 0 Å². The third-order valence-corrected chi connectivity index (χ3v) is 5.26. The van der Waals surface area contributed by atoms with Gasteiger partial charge < -0.3 is 19.8 Å². The van der Waals surface area contributed by atoms with Crippen molar-refractivity contribution in [1.29, 1.82) is 0 Å². The number of aromatic amines is 1. The zero-order valence-corrected chi connectivity index (χ0v) is 17.8. The van der Waals surface area contributed by atoms with E-state index in [9.17, 15) is 0 Å². The van der Waals surface area contributed by atoms with Gasteiger partial charge in [-0.25, -0.2) is 4.98 Å². The van der Waals surface area contributed by atoms with Crippen molar-refractivity contribution in [3.05, 3.63) is 88.2 Å². The SMILES string of the molecule is COc1cc(CNCc2nc3ccccc3[nH]2)cc(Cl)c1OCc1ccccc1C. The Morgan fingerprint density at radius 1 is 1.03 bits per heavy atom. The Bertz CT molecular complexity index is 1120. The number of fused-ring (bicyclic) bond motifs is 1. The third-order valence-electron chi connectivity index (χ3n) is 4.98. The fourth-order valence-corrected chi connectivity index (χ4v) is 3.64. The summed E-state index contributed by atoms with van der Waals surface area (Å²) in [6, 6.07) is 20.0. The van der Waals surface area contributed by atoms with Gasteiger partial charge in [-0.3, -0.25) is 0 Å². The molecule has 0 saturated heterocycles. The molecule has 0 spiro atoms. The molecule has 4 rings (SSSR count). The molecule has 0 saturated carbocycles. The van der Waals surface area contributed by atoms with Crippen molar-refractivity contribution in [2.24, 2.45) is 0 Å². The molecule has 4 aromatic rings. The lowest BCUT2D eigenvalue weighted by Gasteiger charge is -2.15. The Morgan fingerprint density at radius 2 is 1.83 bits per heavy atom. The highest BCUT2D eigenvalue weighted by Gasteiger charge is 2.13. The molecule has 0 aliphatic heterocycles. The van der Waals surface area contributed by atoms with Crippen LogP contribution in [0.5, 0.6) is 11.5 Å². The number of hydrogen-bond donors (Lipinski definition) is 2. The number of para-hydroxylation sites is 2. The molecule has 0 amide bonds. The summed E-state index contributed by atoms with van der Waals surface area (Å²) in [6.45, 7) is 3.76. The standard InChI is InChI=1S/C24H24ClN3O2/c1-16-7-3-4-8-18(16)15-30-24-19(25)11-17(12-22(24)29-2)13-26-14-23-27-20-9-5-6-10-21(20)28-23/h3-12,26H,13-15H2,1-2H3,(H,27,28). The van der Waals surface area contributed by atoms with Crippen molar-refractivity contribution < 1.29 is 9.47 Å². The number of methoxy groups -OCH3 is 1. The highest BCUT2D eigenvalue weighted by atomic mass is 35.5. The summed E-state index contributed by atoms with van der Waals surface area (Å²) in [5.41, 5.74) is 5.31. The van der Waals surface area contributed by atoms with Gasteiger partial charge in [-0.05, 0) is 47.9 Å². The van der Waals surface area contributed by atoms with Gasteiger partial charge in [0.1, 0.15) is 12.4 Å². The quantitative estimate of drug-likeness (QED) is 0.399. The number of aryl methyl sites for hydroxylation is 1. The molecule has 3 aromatic carbocycles. The number of nitrogens with zero attached hydrogens (tertiary/aromatic N) is 1. The minimum Gasteiger partial charge on any atom is -0.493 e. The monoisotopic (exact) mass is 421 g/mol. The third kappa shape index (κ3) is 4.58. The van der Waals surface area contributed by atoms with Crippen LogP contribution >= 0.6 is 11.6 Å². The first-order valence-corrected chi connectivity index (χ1v) is 10.2. The maximum Gasteiger partial charge on any atom is 0.180 e. The fraction of sp³-hybridized carbons (Fsp3) is 0.208. The number of nitrogens with one attached hydrogen (secondary N) is 2. The van der Waals surface area contributed by atoms with Crippen molar-refractivity contribution >= 4 is 22.6 Å². The van der Waals surface area contributed by atoms with E-state index in [1.165, 1.54) is 5.56 Å². The van der Waals surface area contributed by atoms with Gasteiger partial charge in [0.2, 0.25) is 0 Å². The molecule has 6 heteroatoms. The van der Waals surface area contributed by atoms with Crippen molar-refractivity contribution in [1.82, 2.24) is 15.3 Å². The zero-order valence-electron chi connectivity index (χ0n) is 17.0. The Labute approximate surface area is 181 Å². The molecule has 5 nitrogen and oxygen atoms in total. The number of H-pyrrole nitrogens is 1. The summed E-state index contributed by atoms with van der Waals surface area (Å²) in [6.07, 6.45) is 0. The van der Waals surface area contributed by atoms with Gasteiger partial charge in [0, 0.05) is 6.54 Å². The van der Waals surface area contributed by atoms with Gasteiger partial charge in [0.15, 0.2) is 11.5 Å². The number of imidazole rings is 1. The average Bonchev–Trinajstić information content (AvgIpc) is 3.16. The molecule has 0 fully saturated rings. The molecule has 2 N–H and O–H groups in total. The largest absolute Gasteiger partial charge is 0.493 e. The minimum absolute atomic E-state index is 0.437. The first-order valence-electron chi connectivity index (χ1n) is 9.82. The van der Waals surface area contributed by atoms with E-state index < -0.39 is 0 Å². The molecular formula is C24H24ClN3O2. The maximum atomic E-state index is 6.52. The van der Waals surface area contributed by atoms with E-state index in [2.05, 4.69) is 28.3 Å². The van der Waals surface area contributed by atoms with Gasteiger partial charge in [-0.2, -0.15) is 0 Å². The van der Waals surface area contributed by atoms with Crippen LogP contribution in [0.3, 0.4) is 0 Å². The smallest absolute Gasteiger partial charge is 0.180 e. The molecule has 0 atom stereocenters. The summed E-state index contributed by atoms with van der Waals surface area (Å²) in [4.78, 5) is 7.90. The van der Waals surface area contributed by atoms with Crippen LogP contribution in [0.15, 0.2) is 60.7 Å². The summed E-state index contributed by atoms with van der Waals surface area (Å²) < 4.78 is 11.5. The molecule has 0 bridgehead atoms. The predicted octanol–water partition coefficient (Wildman–Crippen LogP) is 5.40. The van der Waals surface area contributed by atoms with E-state index in [0.717, 1.165) is 28.0 Å². The lowest BCUT2D eigenvalue weighted by Crippen LogP contribution is -2.14. The van der Waals surface area contributed by atoms with Crippen LogP contribution in [0.2, 0.25) is 5.02 Å². The number of rotatable bonds is 8. The van der Waals surface area contributed by atoms with E-state index in [1.54, 1.807) is 7.11 Å². The first-order chi connectivity index (χ1) is 14.6. The average molecular weight is 422 g/mol. The lowest BCUT2D eigenvalue weighted by atomic mass is 10.1. The van der Waals surface area contributed by atoms with Crippen LogP contribution in [0, 0.1) is 6.92 Å². The Morgan fingerprint density at radius 3 is 2.63 bits per heavy atom. The molecule has 30 heavy (non-hydrogen) atoms. The van der Waals surface area contributed by atoms with Crippen LogP contribution in [0.25, 0.3) is 11.0 Å². The topological polar surface area (TPSA) is 59.2 Å². The molecule has 154 valence electrons. The number of aromatic nitrogens is 2. The molecule has 0 radical (unpaired) electrons. The Balaban J connectivity index is 1.41. The van der Waals surface area contributed by atoms with Crippen LogP contribution in [0.1, 0.15) is 22.5 Å². The summed E-state index contributed by atoms with van der Waals surface area (Å²) >= 11 is 6.52. The number of hydrogen-bond acceptors (Lipinski definition) is 4. The van der Waals surface area contributed by atoms with E-state index in [-0.39, 0.29) is 0 Å². The predicted molar refractivity (Wildman–Crippen MR) is 120 cm³/mol. The number of benzene rings is 3. The van der Waals surface area contributed by atoms with Crippen LogP contribution in [-0.2, 0) is 19.7 Å². The van der Waals surface area contributed by atoms with Gasteiger partial charge >= 0.3 is 0 Å². The van der Waals surface area contributed by atoms with E-state index in [1.807, 2.05) is 54.6 Å². The maximum absolute atomic E-state index is 6.52. The molecule has 1 aromatic heterocycles. The summed E-state index contributed by atoms with van der Waals surface area (Å²) in [5, 5.41) is 3.92. The second kappa shape index (κ2) is 9.20. The number of halogens is 1. The zero-order chi connectivity index (χ0) is 20.9. The van der Waals surface area contributed by atoms with E-state index >= 15 is 0 Å². The van der Waals surface area contributed by atoms with E-state index in [4.69, 9.17) is 21.1 Å². The Hall–Kier alpha value is -3.02. The van der Waals surface area contributed by atoms with Crippen molar-refractivity contribution in [3.8, 4) is 11.5 Å². The first kappa shape index (κ1) is 20.3. The van der Waals surface area contributed by atoms with Gasteiger partial charge in [-0.15, -0.1) is 0 Å². The Kier molecular flexibility index (Phi) is 6.21. The fourth-order valence-electron chi connectivity index (χ4n) is 3.35. The molecule has 0 aliphatic carbocycles. The van der Waals surface area contributed by atoms with E-state index in [0.29, 0.717) is 36.2 Å². The number of ether oxygens (including phenoxy) is 2. The van der Waals surface area contributed by atoms with Crippen molar-refractivity contribution in [2.75, 3.05) is 7.11 Å². The second-order valence-electron chi connectivity index (χ2n) is 7.13. The summed E-state index contributed by atoms with van der Waals surface area (Å²) in [5.74, 6) is 2.08. The second-order valence-corrected chi connectivity index (χ2v) is 7.54. The molecule has 0 aliphatic rings. The summed E-state index contributed by atoms with van der Waals surface area (Å²) in [7, 11) is 1.62. The minimum atomic E-state index is 0.437. The van der Waals surface area contributed by atoms with Gasteiger partial charge in [0.05, 0.1) is 29.7 Å². The lowest BCUT2D eigenvalue weighted by molar-refractivity contribution is 0.284. The van der Waals surface area contributed by atoms with Crippen LogP contribution < -0.4 is 14.8 Å². The highest BCUT2D eigenvalue weighted by molar-refractivity contribution is 6.32. The van der Waals surface area contributed by atoms with Crippen LogP contribution in [0.4, 0.5) is 0 Å². The van der Waals surface area contributed by atoms with Crippen LogP contribution in [-0.4, -0.2) is 17.1 Å².